The van der Waals surface area contributed by atoms with E-state index in [2.05, 4.69) is 43.1 Å². The van der Waals surface area contributed by atoms with Crippen LogP contribution < -0.4 is 10.6 Å². The van der Waals surface area contributed by atoms with Gasteiger partial charge in [-0.1, -0.05) is 32.0 Å². The lowest BCUT2D eigenvalue weighted by Crippen LogP contribution is -2.26. The molecule has 0 unspecified atom stereocenters. The largest absolute Gasteiger partial charge is 0.455 e. The van der Waals surface area contributed by atoms with E-state index in [0.29, 0.717) is 5.69 Å². The molecule has 41 heavy (non-hydrogen) atoms. The Morgan fingerprint density at radius 1 is 0.951 bits per heavy atom. The molecule has 8 heteroatoms. The van der Waals surface area contributed by atoms with E-state index >= 15 is 0 Å². The third-order valence-electron chi connectivity index (χ3n) is 7.33. The highest BCUT2D eigenvalue weighted by Crippen LogP contribution is 2.36. The highest BCUT2D eigenvalue weighted by Gasteiger charge is 2.23. The topological polar surface area (TPSA) is 82.2 Å². The standard InChI is InChI=1S/C33H37N5O3/c1-19(2)24-13-21(15-28-30(24)38(9)32(40)37(28)8)23-12-10-11-20-14-26(34-18-25(20)23)22-16-27(36(6)7)29(35-17-22)31(39)41-33(3,4)5/h10-19H,1-9H3. The number of ether oxygens (including phenoxy) is 1. The molecule has 3 aromatic heterocycles. The monoisotopic (exact) mass is 551 g/mol. The molecule has 0 saturated heterocycles. The van der Waals surface area contributed by atoms with Crippen molar-refractivity contribution in [3.8, 4) is 22.4 Å². The summed E-state index contributed by atoms with van der Waals surface area (Å²) in [5, 5.41) is 2.04. The van der Waals surface area contributed by atoms with E-state index in [1.54, 1.807) is 15.3 Å². The molecule has 3 heterocycles. The van der Waals surface area contributed by atoms with Gasteiger partial charge >= 0.3 is 11.7 Å². The summed E-state index contributed by atoms with van der Waals surface area (Å²) in [6, 6.07) is 14.5. The molecule has 0 aliphatic heterocycles. The summed E-state index contributed by atoms with van der Waals surface area (Å²) in [6.45, 7) is 9.81. The Bertz CT molecular complexity index is 1870. The van der Waals surface area contributed by atoms with Gasteiger partial charge in [0.1, 0.15) is 5.60 Å². The maximum Gasteiger partial charge on any atom is 0.359 e. The van der Waals surface area contributed by atoms with E-state index < -0.39 is 11.6 Å². The Balaban J connectivity index is 1.62. The van der Waals surface area contributed by atoms with Gasteiger partial charge in [-0.05, 0) is 73.0 Å². The molecule has 0 fully saturated rings. The van der Waals surface area contributed by atoms with Gasteiger partial charge in [-0.3, -0.25) is 14.1 Å². The Morgan fingerprint density at radius 3 is 2.34 bits per heavy atom. The van der Waals surface area contributed by atoms with Gasteiger partial charge in [0.15, 0.2) is 5.69 Å². The normalized spacial score (nSPS) is 12.0. The maximum absolute atomic E-state index is 12.8. The second kappa shape index (κ2) is 10.2. The van der Waals surface area contributed by atoms with Gasteiger partial charge in [0.25, 0.3) is 0 Å². The fraction of sp³-hybridized carbons (Fsp3) is 0.333. The number of fused-ring (bicyclic) bond motifs is 2. The summed E-state index contributed by atoms with van der Waals surface area (Å²) in [6.07, 6.45) is 3.56. The third kappa shape index (κ3) is 5.10. The Hall–Kier alpha value is -4.46. The molecule has 0 aliphatic rings. The van der Waals surface area contributed by atoms with E-state index in [9.17, 15) is 9.59 Å². The van der Waals surface area contributed by atoms with Crippen LogP contribution >= 0.6 is 0 Å². The number of aromatic nitrogens is 4. The van der Waals surface area contributed by atoms with Crippen LogP contribution in [0.25, 0.3) is 44.2 Å². The molecule has 0 bridgehead atoms. The smallest absolute Gasteiger partial charge is 0.359 e. The summed E-state index contributed by atoms with van der Waals surface area (Å²) in [5.74, 6) is -0.218. The lowest BCUT2D eigenvalue weighted by molar-refractivity contribution is 0.00637. The predicted octanol–water partition coefficient (Wildman–Crippen LogP) is 6.30. The fourth-order valence-corrected chi connectivity index (χ4v) is 5.28. The van der Waals surface area contributed by atoms with Crippen LogP contribution in [-0.2, 0) is 18.8 Å². The number of benzene rings is 2. The number of imidazole rings is 1. The van der Waals surface area contributed by atoms with Crippen molar-refractivity contribution in [2.45, 2.75) is 46.1 Å². The van der Waals surface area contributed by atoms with Gasteiger partial charge < -0.3 is 9.64 Å². The second-order valence-corrected chi connectivity index (χ2v) is 12.1. The van der Waals surface area contributed by atoms with Gasteiger partial charge in [-0.15, -0.1) is 0 Å². The van der Waals surface area contributed by atoms with Crippen molar-refractivity contribution in [1.82, 2.24) is 19.1 Å². The number of aryl methyl sites for hydroxylation is 2. The van der Waals surface area contributed by atoms with Crippen LogP contribution in [0, 0.1) is 0 Å². The molecule has 0 N–H and O–H groups in total. The van der Waals surface area contributed by atoms with Crippen molar-refractivity contribution in [2.24, 2.45) is 14.1 Å². The van der Waals surface area contributed by atoms with Crippen molar-refractivity contribution in [2.75, 3.05) is 19.0 Å². The Kier molecular flexibility index (Phi) is 6.97. The highest BCUT2D eigenvalue weighted by molar-refractivity contribution is 6.00. The van der Waals surface area contributed by atoms with Crippen LogP contribution in [0.4, 0.5) is 5.69 Å². The number of hydrogen-bond acceptors (Lipinski definition) is 6. The van der Waals surface area contributed by atoms with E-state index in [0.717, 1.165) is 49.8 Å². The molecule has 0 atom stereocenters. The molecule has 0 aliphatic carbocycles. The first-order valence-electron chi connectivity index (χ1n) is 13.8. The quantitative estimate of drug-likeness (QED) is 0.239. The summed E-state index contributed by atoms with van der Waals surface area (Å²) in [7, 11) is 7.40. The zero-order valence-corrected chi connectivity index (χ0v) is 25.2. The molecule has 2 aromatic carbocycles. The van der Waals surface area contributed by atoms with Crippen LogP contribution in [-0.4, -0.2) is 44.8 Å². The van der Waals surface area contributed by atoms with E-state index in [1.807, 2.05) is 78.3 Å². The van der Waals surface area contributed by atoms with Crippen molar-refractivity contribution >= 4 is 33.5 Å². The summed E-state index contributed by atoms with van der Waals surface area (Å²) in [4.78, 5) is 36.8. The maximum atomic E-state index is 12.8. The lowest BCUT2D eigenvalue weighted by Gasteiger charge is -2.22. The summed E-state index contributed by atoms with van der Waals surface area (Å²) < 4.78 is 9.02. The van der Waals surface area contributed by atoms with Crippen LogP contribution in [0.3, 0.4) is 0 Å². The first-order valence-corrected chi connectivity index (χ1v) is 13.8. The zero-order chi connectivity index (χ0) is 29.8. The zero-order valence-electron chi connectivity index (χ0n) is 25.2. The molecule has 0 spiro atoms. The van der Waals surface area contributed by atoms with Gasteiger partial charge in [-0.2, -0.15) is 0 Å². The number of carbonyl (C=O) groups excluding carboxylic acids is 1. The van der Waals surface area contributed by atoms with Gasteiger partial charge in [0, 0.05) is 51.5 Å². The van der Waals surface area contributed by atoms with Crippen LogP contribution in [0.1, 0.15) is 56.6 Å². The van der Waals surface area contributed by atoms with Crippen molar-refractivity contribution in [3.63, 3.8) is 0 Å². The molecular weight excluding hydrogens is 514 g/mol. The Morgan fingerprint density at radius 2 is 1.68 bits per heavy atom. The van der Waals surface area contributed by atoms with E-state index in [4.69, 9.17) is 9.72 Å². The average molecular weight is 552 g/mol. The lowest BCUT2D eigenvalue weighted by atomic mass is 9.93. The highest BCUT2D eigenvalue weighted by atomic mass is 16.6. The van der Waals surface area contributed by atoms with Gasteiger partial charge in [0.2, 0.25) is 0 Å². The molecule has 0 amide bonds. The van der Waals surface area contributed by atoms with Crippen molar-refractivity contribution in [3.05, 3.63) is 76.6 Å². The SMILES string of the molecule is CC(C)c1cc(-c2cccc3cc(-c4cnc(C(=O)OC(C)(C)C)c(N(C)C)c4)ncc23)cc2c1n(C)c(=O)n2C. The molecule has 0 saturated carbocycles. The minimum Gasteiger partial charge on any atom is -0.455 e. The molecule has 5 rings (SSSR count). The predicted molar refractivity (Wildman–Crippen MR) is 166 cm³/mol. The van der Waals surface area contributed by atoms with Crippen LogP contribution in [0.5, 0.6) is 0 Å². The molecule has 0 radical (unpaired) electrons. The number of pyridine rings is 2. The number of nitrogens with zero attached hydrogens (tertiary/aromatic N) is 5. The second-order valence-electron chi connectivity index (χ2n) is 12.1. The van der Waals surface area contributed by atoms with Crippen LogP contribution in [0.15, 0.2) is 59.7 Å². The number of anilines is 1. The molecule has 212 valence electrons. The van der Waals surface area contributed by atoms with Crippen molar-refractivity contribution in [1.29, 1.82) is 0 Å². The minimum atomic E-state index is -0.617. The van der Waals surface area contributed by atoms with Gasteiger partial charge in [0.05, 0.1) is 22.4 Å². The summed E-state index contributed by atoms with van der Waals surface area (Å²) in [5.41, 5.74) is 6.94. The average Bonchev–Trinajstić information content (AvgIpc) is 3.14. The molecule has 8 nitrogen and oxygen atoms in total. The van der Waals surface area contributed by atoms with E-state index in [1.165, 1.54) is 0 Å². The van der Waals surface area contributed by atoms with Gasteiger partial charge in [-0.25, -0.2) is 14.6 Å². The van der Waals surface area contributed by atoms with Crippen molar-refractivity contribution < 1.29 is 9.53 Å². The fourth-order valence-electron chi connectivity index (χ4n) is 5.28. The first-order chi connectivity index (χ1) is 19.3. The van der Waals surface area contributed by atoms with E-state index in [-0.39, 0.29) is 17.3 Å². The first kappa shape index (κ1) is 28.1. The number of hydrogen-bond donors (Lipinski definition) is 0. The third-order valence-corrected chi connectivity index (χ3v) is 7.33. The van der Waals surface area contributed by atoms with Crippen LogP contribution in [0.2, 0.25) is 0 Å². The number of esters is 1. The molecular formula is C33H37N5O3. The number of carbonyl (C=O) groups is 1. The number of rotatable bonds is 5. The molecule has 5 aromatic rings. The summed E-state index contributed by atoms with van der Waals surface area (Å²) >= 11 is 0. The Labute approximate surface area is 240 Å². The minimum absolute atomic E-state index is 0.0355.